The molecule has 0 aliphatic carbocycles. The summed E-state index contributed by atoms with van der Waals surface area (Å²) in [6.07, 6.45) is 4.07. The highest BCUT2D eigenvalue weighted by atomic mass is 14.9. The van der Waals surface area contributed by atoms with Crippen molar-refractivity contribution in [1.82, 2.24) is 5.32 Å². The standard InChI is InChI=1S/C13H27N/c1-11(2)13(12(3,4)5)7-6-9-14-10-8-13/h11,14H,6-10H2,1-5H3. The van der Waals surface area contributed by atoms with E-state index in [1.54, 1.807) is 0 Å². The Bertz CT molecular complexity index is 168. The normalized spacial score (nSPS) is 30.4. The molecule has 0 amide bonds. The van der Waals surface area contributed by atoms with Crippen molar-refractivity contribution in [2.45, 2.75) is 53.9 Å². The fourth-order valence-corrected chi connectivity index (χ4v) is 3.28. The first-order chi connectivity index (χ1) is 6.40. The molecule has 1 fully saturated rings. The average molecular weight is 197 g/mol. The second-order valence-corrected chi connectivity index (χ2v) is 6.16. The molecule has 1 rings (SSSR count). The van der Waals surface area contributed by atoms with Gasteiger partial charge in [-0.2, -0.15) is 0 Å². The van der Waals surface area contributed by atoms with E-state index in [-0.39, 0.29) is 0 Å². The fraction of sp³-hybridized carbons (Fsp3) is 1.00. The van der Waals surface area contributed by atoms with Crippen LogP contribution in [0.4, 0.5) is 0 Å². The molecule has 1 aliphatic rings. The Labute approximate surface area is 89.7 Å². The zero-order valence-corrected chi connectivity index (χ0v) is 10.6. The maximum Gasteiger partial charge on any atom is -0.00433 e. The quantitative estimate of drug-likeness (QED) is 0.679. The van der Waals surface area contributed by atoms with Gasteiger partial charge < -0.3 is 5.32 Å². The minimum absolute atomic E-state index is 0.438. The van der Waals surface area contributed by atoms with Gasteiger partial charge in [-0.3, -0.25) is 0 Å². The SMILES string of the molecule is CC(C)C1(C(C)(C)C)CCCNCC1. The lowest BCUT2D eigenvalue weighted by Gasteiger charge is -2.48. The van der Waals surface area contributed by atoms with Crippen LogP contribution in [0.1, 0.15) is 53.9 Å². The third-order valence-corrected chi connectivity index (χ3v) is 4.32. The van der Waals surface area contributed by atoms with Crippen LogP contribution in [0.2, 0.25) is 0 Å². The van der Waals surface area contributed by atoms with Crippen molar-refractivity contribution in [3.63, 3.8) is 0 Å². The maximum absolute atomic E-state index is 3.53. The van der Waals surface area contributed by atoms with Crippen LogP contribution in [0.25, 0.3) is 0 Å². The molecule has 0 spiro atoms. The predicted octanol–water partition coefficient (Wildman–Crippen LogP) is 3.45. The summed E-state index contributed by atoms with van der Waals surface area (Å²) in [4.78, 5) is 0. The van der Waals surface area contributed by atoms with E-state index in [4.69, 9.17) is 0 Å². The van der Waals surface area contributed by atoms with Gasteiger partial charge in [0.05, 0.1) is 0 Å². The van der Waals surface area contributed by atoms with Crippen LogP contribution in [0.15, 0.2) is 0 Å². The summed E-state index contributed by atoms with van der Waals surface area (Å²) in [6, 6.07) is 0. The maximum atomic E-state index is 3.53. The van der Waals surface area contributed by atoms with E-state index in [0.717, 1.165) is 5.92 Å². The zero-order valence-electron chi connectivity index (χ0n) is 10.6. The third kappa shape index (κ3) is 2.13. The van der Waals surface area contributed by atoms with Gasteiger partial charge in [-0.1, -0.05) is 34.6 Å². The van der Waals surface area contributed by atoms with Gasteiger partial charge in [0.25, 0.3) is 0 Å². The van der Waals surface area contributed by atoms with Crippen LogP contribution >= 0.6 is 0 Å². The molecular weight excluding hydrogens is 170 g/mol. The van der Waals surface area contributed by atoms with Gasteiger partial charge in [0.2, 0.25) is 0 Å². The van der Waals surface area contributed by atoms with Crippen LogP contribution in [0.5, 0.6) is 0 Å². The van der Waals surface area contributed by atoms with E-state index in [2.05, 4.69) is 39.9 Å². The Morgan fingerprint density at radius 1 is 1.07 bits per heavy atom. The minimum atomic E-state index is 0.438. The third-order valence-electron chi connectivity index (χ3n) is 4.32. The summed E-state index contributed by atoms with van der Waals surface area (Å²) in [7, 11) is 0. The monoisotopic (exact) mass is 197 g/mol. The van der Waals surface area contributed by atoms with Crippen molar-refractivity contribution in [2.24, 2.45) is 16.7 Å². The molecule has 1 atom stereocenters. The van der Waals surface area contributed by atoms with Crippen molar-refractivity contribution in [3.8, 4) is 0 Å². The highest BCUT2D eigenvalue weighted by Gasteiger charge is 2.43. The molecule has 1 saturated heterocycles. The molecule has 1 heteroatoms. The number of nitrogens with one attached hydrogen (secondary N) is 1. The van der Waals surface area contributed by atoms with Crippen LogP contribution < -0.4 is 5.32 Å². The topological polar surface area (TPSA) is 12.0 Å². The lowest BCUT2D eigenvalue weighted by atomic mass is 9.57. The summed E-state index contributed by atoms with van der Waals surface area (Å²) in [6.45, 7) is 14.5. The van der Waals surface area contributed by atoms with Gasteiger partial charge in [-0.05, 0) is 49.1 Å². The molecule has 0 aromatic rings. The van der Waals surface area contributed by atoms with Gasteiger partial charge in [-0.15, -0.1) is 0 Å². The number of rotatable bonds is 1. The Morgan fingerprint density at radius 3 is 2.21 bits per heavy atom. The Balaban J connectivity index is 2.89. The highest BCUT2D eigenvalue weighted by Crippen LogP contribution is 2.51. The molecule has 0 saturated carbocycles. The minimum Gasteiger partial charge on any atom is -0.317 e. The van der Waals surface area contributed by atoms with Crippen molar-refractivity contribution in [3.05, 3.63) is 0 Å². The average Bonchev–Trinajstić information content (AvgIpc) is 2.26. The van der Waals surface area contributed by atoms with Crippen molar-refractivity contribution >= 4 is 0 Å². The summed E-state index contributed by atoms with van der Waals surface area (Å²) in [5.74, 6) is 0.794. The van der Waals surface area contributed by atoms with E-state index in [9.17, 15) is 0 Å². The van der Waals surface area contributed by atoms with Gasteiger partial charge in [0.15, 0.2) is 0 Å². The first kappa shape index (κ1) is 12.0. The largest absolute Gasteiger partial charge is 0.317 e. The van der Waals surface area contributed by atoms with Crippen molar-refractivity contribution in [1.29, 1.82) is 0 Å². The van der Waals surface area contributed by atoms with Gasteiger partial charge in [0, 0.05) is 0 Å². The van der Waals surface area contributed by atoms with E-state index in [1.165, 1.54) is 32.4 Å². The number of hydrogen-bond donors (Lipinski definition) is 1. The zero-order chi connectivity index (χ0) is 10.8. The highest BCUT2D eigenvalue weighted by molar-refractivity contribution is 4.94. The number of hydrogen-bond acceptors (Lipinski definition) is 1. The van der Waals surface area contributed by atoms with Gasteiger partial charge >= 0.3 is 0 Å². The van der Waals surface area contributed by atoms with E-state index in [1.807, 2.05) is 0 Å². The molecule has 1 unspecified atom stereocenters. The van der Waals surface area contributed by atoms with Crippen molar-refractivity contribution in [2.75, 3.05) is 13.1 Å². The van der Waals surface area contributed by atoms with Crippen molar-refractivity contribution < 1.29 is 0 Å². The predicted molar refractivity (Wildman–Crippen MR) is 63.4 cm³/mol. The van der Waals surface area contributed by atoms with Crippen LogP contribution in [-0.2, 0) is 0 Å². The first-order valence-electron chi connectivity index (χ1n) is 6.11. The first-order valence-corrected chi connectivity index (χ1v) is 6.11. The van der Waals surface area contributed by atoms with E-state index >= 15 is 0 Å². The molecule has 1 aliphatic heterocycles. The summed E-state index contributed by atoms with van der Waals surface area (Å²) in [5, 5.41) is 3.53. The Kier molecular flexibility index (Phi) is 3.63. The summed E-state index contributed by atoms with van der Waals surface area (Å²) in [5.41, 5.74) is 0.976. The van der Waals surface area contributed by atoms with Crippen LogP contribution in [0.3, 0.4) is 0 Å². The summed E-state index contributed by atoms with van der Waals surface area (Å²) >= 11 is 0. The van der Waals surface area contributed by atoms with E-state index in [0.29, 0.717) is 10.8 Å². The molecule has 1 N–H and O–H groups in total. The smallest absolute Gasteiger partial charge is 0.00433 e. The molecule has 84 valence electrons. The molecular formula is C13H27N. The molecule has 0 aromatic heterocycles. The molecule has 0 radical (unpaired) electrons. The fourth-order valence-electron chi connectivity index (χ4n) is 3.28. The van der Waals surface area contributed by atoms with Gasteiger partial charge in [0.1, 0.15) is 0 Å². The van der Waals surface area contributed by atoms with E-state index < -0.39 is 0 Å². The van der Waals surface area contributed by atoms with Crippen LogP contribution in [0, 0.1) is 16.7 Å². The molecule has 0 aromatic carbocycles. The van der Waals surface area contributed by atoms with Crippen LogP contribution in [-0.4, -0.2) is 13.1 Å². The van der Waals surface area contributed by atoms with Gasteiger partial charge in [-0.25, -0.2) is 0 Å². The molecule has 0 bridgehead atoms. The molecule has 1 nitrogen and oxygen atoms in total. The second kappa shape index (κ2) is 4.22. The lowest BCUT2D eigenvalue weighted by Crippen LogP contribution is -2.41. The summed E-state index contributed by atoms with van der Waals surface area (Å²) < 4.78 is 0. The second-order valence-electron chi connectivity index (χ2n) is 6.16. The molecule has 1 heterocycles. The Morgan fingerprint density at radius 2 is 1.71 bits per heavy atom. The Hall–Kier alpha value is -0.0400. The molecule has 14 heavy (non-hydrogen) atoms. The lowest BCUT2D eigenvalue weighted by molar-refractivity contribution is 0.0167.